The minimum atomic E-state index is -1.14. The van der Waals surface area contributed by atoms with Gasteiger partial charge in [0.2, 0.25) is 5.91 Å². The van der Waals surface area contributed by atoms with Crippen LogP contribution in [0.25, 0.3) is 0 Å². The van der Waals surface area contributed by atoms with Crippen LogP contribution in [-0.4, -0.2) is 66.7 Å². The first-order valence-electron chi connectivity index (χ1n) is 10.6. The van der Waals surface area contributed by atoms with Crippen LogP contribution in [0.15, 0.2) is 50.3 Å². The maximum atomic E-state index is 14.9. The number of allylic oxidation sites excluding steroid dienone is 6. The van der Waals surface area contributed by atoms with Gasteiger partial charge in [-0.25, -0.2) is 4.39 Å². The van der Waals surface area contributed by atoms with Crippen LogP contribution < -0.4 is 0 Å². The van der Waals surface area contributed by atoms with E-state index in [-0.39, 0.29) is 52.5 Å². The van der Waals surface area contributed by atoms with E-state index in [4.69, 9.17) is 16.3 Å². The fraction of sp³-hybridized carbons (Fsp3) is 0.478. The predicted octanol–water partition coefficient (Wildman–Crippen LogP) is 2.58. The molecule has 1 saturated heterocycles. The number of carbonyl (C=O) groups excluding carboxylic acids is 2. The fourth-order valence-electron chi connectivity index (χ4n) is 5.94. The molecule has 0 aromatic heterocycles. The highest BCUT2D eigenvalue weighted by molar-refractivity contribution is 6.40. The van der Waals surface area contributed by atoms with Crippen LogP contribution in [0, 0.1) is 17.3 Å². The van der Waals surface area contributed by atoms with Crippen molar-refractivity contribution in [2.45, 2.75) is 25.3 Å². The summed E-state index contributed by atoms with van der Waals surface area (Å²) in [6.07, 6.45) is 5.65. The molecular formula is C23H22ClFN2O5. The Bertz CT molecular complexity index is 1100. The third kappa shape index (κ3) is 2.96. The first kappa shape index (κ1) is 21.3. The third-order valence-electron chi connectivity index (χ3n) is 7.33. The first-order valence-corrected chi connectivity index (χ1v) is 11.0. The summed E-state index contributed by atoms with van der Waals surface area (Å²) in [5, 5.41) is 10.1. The summed E-state index contributed by atoms with van der Waals surface area (Å²) in [6, 6.07) is -0.331. The highest BCUT2D eigenvalue weighted by atomic mass is 35.5. The molecule has 1 spiro atoms. The van der Waals surface area contributed by atoms with Gasteiger partial charge in [-0.2, -0.15) is 0 Å². The Balaban J connectivity index is 1.72. The van der Waals surface area contributed by atoms with Crippen LogP contribution in [0.1, 0.15) is 19.3 Å². The van der Waals surface area contributed by atoms with Crippen LogP contribution in [0.4, 0.5) is 4.39 Å². The lowest BCUT2D eigenvalue weighted by Gasteiger charge is -2.41. The molecule has 2 fully saturated rings. The standard InChI is InChI=1S/C23H22ClFN2O5/c1-32-5-2-15-21(29)27-10-14(22(30)31)18-12-6-11(28)7-17(25)19(12)16(24)9-26-8-13(18)20(27)23(15)3-4-23/h6-7,9,14-15,20H,2-5,8,10H2,1H3,(H,30,31). The third-order valence-corrected chi connectivity index (χ3v) is 7.62. The Morgan fingerprint density at radius 3 is 2.78 bits per heavy atom. The van der Waals surface area contributed by atoms with Crippen molar-refractivity contribution in [3.8, 4) is 0 Å². The van der Waals surface area contributed by atoms with Crippen molar-refractivity contribution in [1.29, 1.82) is 0 Å². The second-order valence-electron chi connectivity index (χ2n) is 8.94. The molecule has 3 atom stereocenters. The fourth-order valence-corrected chi connectivity index (χ4v) is 6.20. The number of hydrogen-bond acceptors (Lipinski definition) is 5. The van der Waals surface area contributed by atoms with Crippen LogP contribution >= 0.6 is 11.6 Å². The van der Waals surface area contributed by atoms with E-state index in [1.807, 2.05) is 0 Å². The number of ether oxygens (including phenoxy) is 1. The van der Waals surface area contributed by atoms with Gasteiger partial charge in [-0.1, -0.05) is 11.6 Å². The minimum Gasteiger partial charge on any atom is -0.481 e. The number of ketones is 1. The number of carboxylic acids is 1. The number of nitrogens with zero attached hydrogens (tertiary/aromatic N) is 2. The summed E-state index contributed by atoms with van der Waals surface area (Å²) < 4.78 is 20.1. The number of halogens is 2. The Morgan fingerprint density at radius 2 is 2.12 bits per heavy atom. The monoisotopic (exact) mass is 460 g/mol. The predicted molar refractivity (Wildman–Crippen MR) is 114 cm³/mol. The number of methoxy groups -OCH3 is 1. The Kier molecular flexibility index (Phi) is 4.98. The van der Waals surface area contributed by atoms with Crippen molar-refractivity contribution in [3.05, 3.63) is 45.3 Å². The summed E-state index contributed by atoms with van der Waals surface area (Å²) in [4.78, 5) is 44.0. The Morgan fingerprint density at radius 1 is 1.38 bits per heavy atom. The number of hydrogen-bond donors (Lipinski definition) is 1. The van der Waals surface area contributed by atoms with Crippen LogP contribution in [0.2, 0.25) is 0 Å². The topological polar surface area (TPSA) is 96.3 Å². The molecule has 2 aliphatic carbocycles. The van der Waals surface area contributed by atoms with Crippen molar-refractivity contribution in [1.82, 2.24) is 4.90 Å². The molecule has 7 nitrogen and oxygen atoms in total. The summed E-state index contributed by atoms with van der Waals surface area (Å²) in [5.41, 5.74) is 0.895. The minimum absolute atomic E-state index is 0.0113. The largest absolute Gasteiger partial charge is 0.481 e. The van der Waals surface area contributed by atoms with E-state index >= 15 is 0 Å². The van der Waals surface area contributed by atoms with E-state index in [1.54, 1.807) is 12.0 Å². The van der Waals surface area contributed by atoms with Crippen molar-refractivity contribution in [3.63, 3.8) is 0 Å². The summed E-state index contributed by atoms with van der Waals surface area (Å²) in [6.45, 7) is 0.532. The van der Waals surface area contributed by atoms with E-state index in [1.165, 1.54) is 12.3 Å². The van der Waals surface area contributed by atoms with Gasteiger partial charge in [-0.3, -0.25) is 19.4 Å². The van der Waals surface area contributed by atoms with Gasteiger partial charge in [0.25, 0.3) is 0 Å². The number of aliphatic carboxylic acids is 1. The van der Waals surface area contributed by atoms with Crippen LogP contribution in [0.3, 0.4) is 0 Å². The average Bonchev–Trinajstić information content (AvgIpc) is 3.48. The van der Waals surface area contributed by atoms with E-state index < -0.39 is 23.5 Å². The van der Waals surface area contributed by atoms with Crippen molar-refractivity contribution in [2.24, 2.45) is 22.2 Å². The van der Waals surface area contributed by atoms with Crippen molar-refractivity contribution < 1.29 is 28.6 Å². The van der Waals surface area contributed by atoms with Gasteiger partial charge in [0.15, 0.2) is 5.78 Å². The molecule has 168 valence electrons. The molecule has 1 saturated carbocycles. The molecule has 5 aliphatic rings. The van der Waals surface area contributed by atoms with Gasteiger partial charge in [-0.05, 0) is 42.1 Å². The van der Waals surface area contributed by atoms with E-state index in [2.05, 4.69) is 4.99 Å². The zero-order valence-corrected chi connectivity index (χ0v) is 18.2. The molecule has 0 radical (unpaired) electrons. The molecule has 3 aliphatic heterocycles. The van der Waals surface area contributed by atoms with Gasteiger partial charge in [0, 0.05) is 49.5 Å². The van der Waals surface area contributed by atoms with Gasteiger partial charge in [0.05, 0.1) is 23.5 Å². The quantitative estimate of drug-likeness (QED) is 0.695. The van der Waals surface area contributed by atoms with E-state index in [9.17, 15) is 23.9 Å². The summed E-state index contributed by atoms with van der Waals surface area (Å²) >= 11 is 6.30. The average molecular weight is 461 g/mol. The number of amides is 1. The highest BCUT2D eigenvalue weighted by Gasteiger charge is 2.67. The van der Waals surface area contributed by atoms with Crippen LogP contribution in [0.5, 0.6) is 0 Å². The molecule has 9 heteroatoms. The zero-order chi connectivity index (χ0) is 22.8. The van der Waals surface area contributed by atoms with Gasteiger partial charge >= 0.3 is 5.97 Å². The molecule has 1 amide bonds. The molecule has 1 N–H and O–H groups in total. The lowest BCUT2D eigenvalue weighted by Crippen LogP contribution is -2.49. The molecule has 5 rings (SSSR count). The lowest BCUT2D eigenvalue weighted by atomic mass is 9.73. The number of fused-ring (bicyclic) bond motifs is 5. The first-order chi connectivity index (χ1) is 15.3. The number of rotatable bonds is 4. The maximum absolute atomic E-state index is 14.9. The maximum Gasteiger partial charge on any atom is 0.312 e. The highest BCUT2D eigenvalue weighted by Crippen LogP contribution is 2.65. The van der Waals surface area contributed by atoms with Crippen LogP contribution in [-0.2, 0) is 19.1 Å². The molecule has 0 bridgehead atoms. The van der Waals surface area contributed by atoms with E-state index in [0.717, 1.165) is 18.9 Å². The molecular weight excluding hydrogens is 439 g/mol. The molecule has 3 heterocycles. The smallest absolute Gasteiger partial charge is 0.312 e. The SMILES string of the molecule is COCCC1C(=O)N2CC(C(=O)O)C3=C(CN=CC(Cl)=C4C(F)=CC(=O)C=C43)C2C12CC2. The number of carboxylic acid groups (broad SMARTS) is 1. The normalized spacial score (nSPS) is 30.5. The van der Waals surface area contributed by atoms with Gasteiger partial charge < -0.3 is 14.7 Å². The molecule has 32 heavy (non-hydrogen) atoms. The lowest BCUT2D eigenvalue weighted by molar-refractivity contribution is -0.142. The second kappa shape index (κ2) is 7.49. The summed E-state index contributed by atoms with van der Waals surface area (Å²) in [7, 11) is 1.59. The zero-order valence-electron chi connectivity index (χ0n) is 17.4. The molecule has 3 unspecified atom stereocenters. The molecule has 0 aromatic carbocycles. The number of carbonyl (C=O) groups is 3. The van der Waals surface area contributed by atoms with Crippen molar-refractivity contribution in [2.75, 3.05) is 26.8 Å². The summed E-state index contributed by atoms with van der Waals surface area (Å²) in [5.74, 6) is -3.96. The second-order valence-corrected chi connectivity index (χ2v) is 9.34. The Hall–Kier alpha value is -2.58. The van der Waals surface area contributed by atoms with E-state index in [0.29, 0.717) is 24.2 Å². The van der Waals surface area contributed by atoms with Gasteiger partial charge in [0.1, 0.15) is 5.83 Å². The molecule has 0 aromatic rings. The number of aliphatic imine (C=N–C) groups is 1. The van der Waals surface area contributed by atoms with Crippen molar-refractivity contribution >= 4 is 35.5 Å². The Labute approximate surface area is 188 Å². The van der Waals surface area contributed by atoms with Gasteiger partial charge in [-0.15, -0.1) is 0 Å².